The van der Waals surface area contributed by atoms with Crippen LogP contribution < -0.4 is 4.74 Å². The van der Waals surface area contributed by atoms with E-state index in [-0.39, 0.29) is 11.3 Å². The second-order valence-electron chi connectivity index (χ2n) is 2.88. The van der Waals surface area contributed by atoms with Crippen LogP contribution >= 0.6 is 15.9 Å². The van der Waals surface area contributed by atoms with Crippen LogP contribution in [0.15, 0.2) is 18.2 Å². The van der Waals surface area contributed by atoms with E-state index in [1.54, 1.807) is 0 Å². The minimum atomic E-state index is -4.39. The van der Waals surface area contributed by atoms with Crippen LogP contribution in [0.5, 0.6) is 5.75 Å². The van der Waals surface area contributed by atoms with Crippen LogP contribution in [0.2, 0.25) is 0 Å². The lowest BCUT2D eigenvalue weighted by Gasteiger charge is -2.09. The van der Waals surface area contributed by atoms with Crippen molar-refractivity contribution in [2.45, 2.75) is 6.18 Å². The number of rotatable bonds is 1. The Morgan fingerprint density at radius 2 is 2.00 bits per heavy atom. The molecule has 0 saturated heterocycles. The summed E-state index contributed by atoms with van der Waals surface area (Å²) in [4.78, 5) is 0. The number of alkyl halides is 4. The Balaban J connectivity index is 3.21. The van der Waals surface area contributed by atoms with E-state index < -0.39 is 11.7 Å². The lowest BCUT2D eigenvalue weighted by atomic mass is 10.1. The summed E-state index contributed by atoms with van der Waals surface area (Å²) in [5, 5.41) is 0.408. The van der Waals surface area contributed by atoms with E-state index in [1.165, 1.54) is 13.2 Å². The van der Waals surface area contributed by atoms with Gasteiger partial charge in [-0.25, -0.2) is 0 Å². The topological polar surface area (TPSA) is 9.23 Å². The zero-order chi connectivity index (χ0) is 12.2. The summed E-state index contributed by atoms with van der Waals surface area (Å²) in [6.45, 7) is 0. The van der Waals surface area contributed by atoms with Crippen molar-refractivity contribution in [2.24, 2.45) is 0 Å². The van der Waals surface area contributed by atoms with Crippen LogP contribution in [-0.4, -0.2) is 12.4 Å². The van der Waals surface area contributed by atoms with Gasteiger partial charge in [0.25, 0.3) is 0 Å². The zero-order valence-electron chi connectivity index (χ0n) is 8.36. The molecule has 16 heavy (non-hydrogen) atoms. The molecule has 0 aliphatic rings. The fraction of sp³-hybridized carbons (Fsp3) is 0.273. The molecule has 86 valence electrons. The maximum absolute atomic E-state index is 12.5. The molecule has 0 radical (unpaired) electrons. The third kappa shape index (κ3) is 3.46. The summed E-state index contributed by atoms with van der Waals surface area (Å²) in [6.07, 6.45) is -4.39. The van der Waals surface area contributed by atoms with Crippen LogP contribution in [0.4, 0.5) is 13.2 Å². The molecule has 1 nitrogen and oxygen atoms in total. The number of hydrogen-bond donors (Lipinski definition) is 0. The molecule has 0 atom stereocenters. The number of ether oxygens (including phenoxy) is 1. The quantitative estimate of drug-likeness (QED) is 0.569. The summed E-state index contributed by atoms with van der Waals surface area (Å²) in [7, 11) is 1.32. The zero-order valence-corrected chi connectivity index (χ0v) is 9.95. The Kier molecular flexibility index (Phi) is 4.25. The lowest BCUT2D eigenvalue weighted by molar-refractivity contribution is -0.137. The van der Waals surface area contributed by atoms with E-state index in [0.717, 1.165) is 12.1 Å². The molecule has 0 saturated carbocycles. The molecule has 1 aromatic rings. The number of hydrogen-bond acceptors (Lipinski definition) is 1. The molecule has 0 spiro atoms. The van der Waals surface area contributed by atoms with Gasteiger partial charge in [-0.15, -0.1) is 0 Å². The summed E-state index contributed by atoms with van der Waals surface area (Å²) in [5.41, 5.74) is -0.475. The van der Waals surface area contributed by atoms with Gasteiger partial charge in [-0.2, -0.15) is 13.2 Å². The molecule has 0 heterocycles. The first-order valence-corrected chi connectivity index (χ1v) is 5.40. The van der Waals surface area contributed by atoms with E-state index in [0.29, 0.717) is 5.33 Å². The van der Waals surface area contributed by atoms with Gasteiger partial charge in [0.2, 0.25) is 0 Å². The van der Waals surface area contributed by atoms with Gasteiger partial charge in [0.05, 0.1) is 18.0 Å². The normalized spacial score (nSPS) is 10.6. The molecule has 1 rings (SSSR count). The number of methoxy groups -OCH3 is 1. The SMILES string of the molecule is COc1cc(C#CCBr)cc(C(F)(F)F)c1. The van der Waals surface area contributed by atoms with Gasteiger partial charge in [-0.1, -0.05) is 27.8 Å². The van der Waals surface area contributed by atoms with Gasteiger partial charge in [0.15, 0.2) is 0 Å². The standard InChI is InChI=1S/C11H8BrF3O/c1-16-10-6-8(3-2-4-12)5-9(7-10)11(13,14)15/h5-7H,4H2,1H3. The van der Waals surface area contributed by atoms with Crippen LogP contribution in [-0.2, 0) is 6.18 Å². The van der Waals surface area contributed by atoms with Crippen molar-refractivity contribution in [3.05, 3.63) is 29.3 Å². The molecule has 0 aliphatic heterocycles. The predicted octanol–water partition coefficient (Wildman–Crippen LogP) is 3.46. The number of benzene rings is 1. The van der Waals surface area contributed by atoms with Crippen LogP contribution in [0.3, 0.4) is 0 Å². The Morgan fingerprint density at radius 1 is 1.31 bits per heavy atom. The Morgan fingerprint density at radius 3 is 2.50 bits per heavy atom. The second-order valence-corrected chi connectivity index (χ2v) is 3.44. The maximum Gasteiger partial charge on any atom is 0.416 e. The molecule has 0 fully saturated rings. The highest BCUT2D eigenvalue weighted by atomic mass is 79.9. The van der Waals surface area contributed by atoms with E-state index in [9.17, 15) is 13.2 Å². The molecule has 0 amide bonds. The van der Waals surface area contributed by atoms with E-state index in [1.807, 2.05) is 0 Å². The predicted molar refractivity (Wildman–Crippen MR) is 58.7 cm³/mol. The highest BCUT2D eigenvalue weighted by Crippen LogP contribution is 2.32. The maximum atomic E-state index is 12.5. The average Bonchev–Trinajstić information content (AvgIpc) is 2.24. The first-order valence-electron chi connectivity index (χ1n) is 4.28. The monoisotopic (exact) mass is 292 g/mol. The number of halogens is 4. The van der Waals surface area contributed by atoms with Crippen molar-refractivity contribution in [2.75, 3.05) is 12.4 Å². The van der Waals surface area contributed by atoms with Crippen LogP contribution in [0.1, 0.15) is 11.1 Å². The highest BCUT2D eigenvalue weighted by molar-refractivity contribution is 9.09. The molecular weight excluding hydrogens is 285 g/mol. The highest BCUT2D eigenvalue weighted by Gasteiger charge is 2.31. The largest absolute Gasteiger partial charge is 0.497 e. The smallest absolute Gasteiger partial charge is 0.416 e. The Bertz CT molecular complexity index is 429. The summed E-state index contributed by atoms with van der Waals surface area (Å²) < 4.78 is 42.3. The van der Waals surface area contributed by atoms with Crippen molar-refractivity contribution in [3.63, 3.8) is 0 Å². The summed E-state index contributed by atoms with van der Waals surface area (Å²) in [6, 6.07) is 3.41. The molecule has 1 aromatic carbocycles. The lowest BCUT2D eigenvalue weighted by Crippen LogP contribution is -2.05. The van der Waals surface area contributed by atoms with Gasteiger partial charge >= 0.3 is 6.18 Å². The van der Waals surface area contributed by atoms with Crippen molar-refractivity contribution >= 4 is 15.9 Å². The fourth-order valence-corrected chi connectivity index (χ4v) is 1.23. The van der Waals surface area contributed by atoms with Crippen LogP contribution in [0.25, 0.3) is 0 Å². The third-order valence-electron chi connectivity index (χ3n) is 1.77. The van der Waals surface area contributed by atoms with E-state index >= 15 is 0 Å². The van der Waals surface area contributed by atoms with Gasteiger partial charge < -0.3 is 4.74 Å². The van der Waals surface area contributed by atoms with Crippen molar-refractivity contribution in [3.8, 4) is 17.6 Å². The Labute approximate surface area is 99.7 Å². The van der Waals surface area contributed by atoms with Gasteiger partial charge in [-0.3, -0.25) is 0 Å². The van der Waals surface area contributed by atoms with Crippen molar-refractivity contribution in [1.82, 2.24) is 0 Å². The summed E-state index contributed by atoms with van der Waals surface area (Å²) in [5.74, 6) is 5.39. The molecule has 5 heteroatoms. The molecule has 0 bridgehead atoms. The van der Waals surface area contributed by atoms with Gasteiger partial charge in [-0.05, 0) is 18.2 Å². The second kappa shape index (κ2) is 5.26. The van der Waals surface area contributed by atoms with Gasteiger partial charge in [0.1, 0.15) is 5.75 Å². The Hall–Kier alpha value is -1.15. The van der Waals surface area contributed by atoms with Gasteiger partial charge in [0, 0.05) is 5.56 Å². The molecule has 0 aromatic heterocycles. The minimum Gasteiger partial charge on any atom is -0.497 e. The molecule has 0 aliphatic carbocycles. The first-order chi connectivity index (χ1) is 7.47. The molecular formula is C11H8BrF3O. The molecule has 0 unspecified atom stereocenters. The fourth-order valence-electron chi connectivity index (χ4n) is 1.09. The summed E-state index contributed by atoms with van der Waals surface area (Å²) >= 11 is 3.07. The van der Waals surface area contributed by atoms with Crippen LogP contribution in [0, 0.1) is 11.8 Å². The average molecular weight is 293 g/mol. The van der Waals surface area contributed by atoms with E-state index in [2.05, 4.69) is 27.8 Å². The minimum absolute atomic E-state index is 0.147. The first kappa shape index (κ1) is 12.9. The van der Waals surface area contributed by atoms with Crippen molar-refractivity contribution in [1.29, 1.82) is 0 Å². The molecule has 0 N–H and O–H groups in total. The van der Waals surface area contributed by atoms with E-state index in [4.69, 9.17) is 4.74 Å². The van der Waals surface area contributed by atoms with Crippen molar-refractivity contribution < 1.29 is 17.9 Å². The third-order valence-corrected chi connectivity index (χ3v) is 2.05.